The summed E-state index contributed by atoms with van der Waals surface area (Å²) in [6.45, 7) is 8.40. The number of hydrogen-bond acceptors (Lipinski definition) is 7. The first-order chi connectivity index (χ1) is 20.4. The van der Waals surface area contributed by atoms with Gasteiger partial charge in [-0.1, -0.05) is 24.3 Å². The molecular weight excluding hydrogens is 550 g/mol. The van der Waals surface area contributed by atoms with Crippen molar-refractivity contribution in [3.05, 3.63) is 69.8 Å². The highest BCUT2D eigenvalue weighted by atomic mass is 16.6. The lowest BCUT2D eigenvalue weighted by molar-refractivity contribution is -0.135. The fourth-order valence-corrected chi connectivity index (χ4v) is 5.79. The molecule has 11 nitrogen and oxygen atoms in total. The number of hydrogen-bond donors (Lipinski definition) is 2. The zero-order valence-electron chi connectivity index (χ0n) is 24.9. The molecule has 2 saturated heterocycles. The molecule has 2 aliphatic heterocycles. The molecule has 1 aromatic heterocycles. The SMILES string of the molecule is Cc1nc2c(NC(=O)c3ccccc3CC3CCN(C(=O)OC(C)(C)C)CC3)cccc2c(=O)n1C1CCC(=O)NC1=O. The summed E-state index contributed by atoms with van der Waals surface area (Å²) in [5.74, 6) is -0.591. The largest absolute Gasteiger partial charge is 0.444 e. The van der Waals surface area contributed by atoms with Gasteiger partial charge in [-0.15, -0.1) is 0 Å². The van der Waals surface area contributed by atoms with E-state index in [0.29, 0.717) is 48.0 Å². The van der Waals surface area contributed by atoms with Gasteiger partial charge in [-0.25, -0.2) is 9.78 Å². The lowest BCUT2D eigenvalue weighted by Crippen LogP contribution is -2.45. The highest BCUT2D eigenvalue weighted by Gasteiger charge is 2.31. The van der Waals surface area contributed by atoms with Crippen molar-refractivity contribution >= 4 is 40.4 Å². The highest BCUT2D eigenvalue weighted by molar-refractivity contribution is 6.09. The van der Waals surface area contributed by atoms with Crippen molar-refractivity contribution in [1.29, 1.82) is 0 Å². The van der Waals surface area contributed by atoms with E-state index in [9.17, 15) is 24.0 Å². The number of ether oxygens (including phenoxy) is 1. The van der Waals surface area contributed by atoms with Crippen LogP contribution < -0.4 is 16.2 Å². The number of nitrogens with zero attached hydrogens (tertiary/aromatic N) is 3. The van der Waals surface area contributed by atoms with E-state index in [0.717, 1.165) is 18.4 Å². The lowest BCUT2D eigenvalue weighted by atomic mass is 9.88. The van der Waals surface area contributed by atoms with Crippen molar-refractivity contribution in [3.8, 4) is 0 Å². The van der Waals surface area contributed by atoms with E-state index in [1.165, 1.54) is 4.57 Å². The van der Waals surface area contributed by atoms with Gasteiger partial charge in [0.15, 0.2) is 0 Å². The Morgan fingerprint density at radius 3 is 2.44 bits per heavy atom. The fraction of sp³-hybridized carbons (Fsp3) is 0.438. The van der Waals surface area contributed by atoms with E-state index in [1.807, 2.05) is 39.0 Å². The predicted molar refractivity (Wildman–Crippen MR) is 161 cm³/mol. The second-order valence-electron chi connectivity index (χ2n) is 12.2. The van der Waals surface area contributed by atoms with Crippen molar-refractivity contribution < 1.29 is 23.9 Å². The topological polar surface area (TPSA) is 140 Å². The lowest BCUT2D eigenvalue weighted by Gasteiger charge is -2.33. The normalized spacial score (nSPS) is 18.0. The fourth-order valence-electron chi connectivity index (χ4n) is 5.79. The van der Waals surface area contributed by atoms with E-state index in [-0.39, 0.29) is 36.1 Å². The standard InChI is InChI=1S/C32H37N5O6/c1-19-33-27-23(30(41)37(19)25-12-13-26(38)35-29(25)40)10-7-11-24(27)34-28(39)22-9-6-5-8-21(22)18-20-14-16-36(17-15-20)31(42)43-32(2,3)4/h5-11,20,25H,12-18H2,1-4H3,(H,34,39)(H,35,38,40). The van der Waals surface area contributed by atoms with Crippen LogP contribution >= 0.6 is 0 Å². The second kappa shape index (κ2) is 12.0. The quantitative estimate of drug-likeness (QED) is 0.428. The Morgan fingerprint density at radius 1 is 1.02 bits per heavy atom. The number of para-hydroxylation sites is 1. The van der Waals surface area contributed by atoms with Crippen LogP contribution in [0.1, 0.15) is 74.2 Å². The molecule has 0 saturated carbocycles. The first-order valence-electron chi connectivity index (χ1n) is 14.6. The number of nitrogens with one attached hydrogen (secondary N) is 2. The molecule has 0 radical (unpaired) electrons. The average Bonchev–Trinajstić information content (AvgIpc) is 2.94. The number of rotatable bonds is 5. The maximum Gasteiger partial charge on any atom is 0.410 e. The summed E-state index contributed by atoms with van der Waals surface area (Å²) in [6, 6.07) is 11.6. The number of aryl methyl sites for hydroxylation is 1. The van der Waals surface area contributed by atoms with Crippen LogP contribution in [0.15, 0.2) is 47.3 Å². The number of amides is 4. The molecule has 2 aliphatic rings. The molecule has 0 aliphatic carbocycles. The summed E-state index contributed by atoms with van der Waals surface area (Å²) in [4.78, 5) is 70.0. The molecule has 2 aromatic carbocycles. The number of benzene rings is 2. The average molecular weight is 588 g/mol. The summed E-state index contributed by atoms with van der Waals surface area (Å²) >= 11 is 0. The maximum absolute atomic E-state index is 13.6. The van der Waals surface area contributed by atoms with Gasteiger partial charge in [0, 0.05) is 25.1 Å². The van der Waals surface area contributed by atoms with Crippen molar-refractivity contribution in [2.45, 2.75) is 71.4 Å². The molecule has 0 bridgehead atoms. The molecule has 5 rings (SSSR count). The molecule has 226 valence electrons. The van der Waals surface area contributed by atoms with Gasteiger partial charge in [0.1, 0.15) is 23.0 Å². The highest BCUT2D eigenvalue weighted by Crippen LogP contribution is 2.27. The Balaban J connectivity index is 1.33. The summed E-state index contributed by atoms with van der Waals surface area (Å²) in [7, 11) is 0. The Labute approximate surface area is 249 Å². The Hall–Kier alpha value is -4.54. The molecule has 2 fully saturated rings. The van der Waals surface area contributed by atoms with Gasteiger partial charge in [-0.3, -0.25) is 29.1 Å². The number of carbonyl (C=O) groups is 4. The number of likely N-dealkylation sites (tertiary alicyclic amines) is 1. The third-order valence-corrected chi connectivity index (χ3v) is 7.91. The van der Waals surface area contributed by atoms with E-state index in [2.05, 4.69) is 15.6 Å². The first-order valence-corrected chi connectivity index (χ1v) is 14.6. The van der Waals surface area contributed by atoms with Crippen LogP contribution in [-0.4, -0.2) is 57.0 Å². The van der Waals surface area contributed by atoms with Crippen molar-refractivity contribution in [3.63, 3.8) is 0 Å². The van der Waals surface area contributed by atoms with E-state index in [1.54, 1.807) is 36.1 Å². The van der Waals surface area contributed by atoms with Gasteiger partial charge in [0.25, 0.3) is 11.5 Å². The van der Waals surface area contributed by atoms with Gasteiger partial charge in [-0.05, 0) is 83.1 Å². The van der Waals surface area contributed by atoms with E-state index >= 15 is 0 Å². The molecule has 1 atom stereocenters. The smallest absolute Gasteiger partial charge is 0.410 e. The van der Waals surface area contributed by atoms with Crippen LogP contribution in [0.5, 0.6) is 0 Å². The zero-order chi connectivity index (χ0) is 30.9. The minimum atomic E-state index is -0.830. The molecule has 1 unspecified atom stereocenters. The van der Waals surface area contributed by atoms with Crippen LogP contribution in [0.2, 0.25) is 0 Å². The van der Waals surface area contributed by atoms with Crippen molar-refractivity contribution in [1.82, 2.24) is 19.8 Å². The number of imide groups is 1. The molecule has 4 amide bonds. The minimum Gasteiger partial charge on any atom is -0.444 e. The van der Waals surface area contributed by atoms with Crippen LogP contribution in [-0.2, 0) is 20.7 Å². The maximum atomic E-state index is 13.6. The number of piperidine rings is 2. The van der Waals surface area contributed by atoms with Gasteiger partial charge in [0.2, 0.25) is 11.8 Å². The van der Waals surface area contributed by atoms with E-state index < -0.39 is 23.1 Å². The van der Waals surface area contributed by atoms with Crippen molar-refractivity contribution in [2.75, 3.05) is 18.4 Å². The van der Waals surface area contributed by atoms with Gasteiger partial charge in [-0.2, -0.15) is 0 Å². The summed E-state index contributed by atoms with van der Waals surface area (Å²) in [5, 5.41) is 5.50. The summed E-state index contributed by atoms with van der Waals surface area (Å²) in [5.41, 5.74) is 1.20. The monoisotopic (exact) mass is 587 g/mol. The zero-order valence-corrected chi connectivity index (χ0v) is 24.9. The third-order valence-electron chi connectivity index (χ3n) is 7.91. The summed E-state index contributed by atoms with van der Waals surface area (Å²) < 4.78 is 6.83. The number of aromatic nitrogens is 2. The summed E-state index contributed by atoms with van der Waals surface area (Å²) in [6.07, 6.45) is 2.36. The van der Waals surface area contributed by atoms with E-state index in [4.69, 9.17) is 4.74 Å². The van der Waals surface area contributed by atoms with Crippen LogP contribution in [0.25, 0.3) is 10.9 Å². The molecular formula is C32H37N5O6. The Morgan fingerprint density at radius 2 is 1.74 bits per heavy atom. The molecule has 43 heavy (non-hydrogen) atoms. The van der Waals surface area contributed by atoms with Crippen LogP contribution in [0.4, 0.5) is 10.5 Å². The van der Waals surface area contributed by atoms with Gasteiger partial charge >= 0.3 is 6.09 Å². The minimum absolute atomic E-state index is 0.138. The second-order valence-corrected chi connectivity index (χ2v) is 12.2. The molecule has 2 N–H and O–H groups in total. The number of fused-ring (bicyclic) bond motifs is 1. The third kappa shape index (κ3) is 6.60. The van der Waals surface area contributed by atoms with Crippen molar-refractivity contribution in [2.24, 2.45) is 5.92 Å². The van der Waals surface area contributed by atoms with Gasteiger partial charge in [0.05, 0.1) is 11.1 Å². The molecule has 3 heterocycles. The molecule has 3 aromatic rings. The first kappa shape index (κ1) is 29.9. The van der Waals surface area contributed by atoms with Crippen LogP contribution in [0, 0.1) is 12.8 Å². The Bertz CT molecular complexity index is 1650. The van der Waals surface area contributed by atoms with Gasteiger partial charge < -0.3 is 15.0 Å². The van der Waals surface area contributed by atoms with Crippen LogP contribution in [0.3, 0.4) is 0 Å². The molecule has 0 spiro atoms. The number of carbonyl (C=O) groups excluding carboxylic acids is 4. The molecule has 11 heteroatoms. The Kier molecular flexibility index (Phi) is 8.34. The number of anilines is 1. The predicted octanol–water partition coefficient (Wildman–Crippen LogP) is 4.12.